The molecular formula is C16H13ClN2O4. The average Bonchev–Trinajstić information content (AvgIpc) is 2.90. The van der Waals surface area contributed by atoms with Gasteiger partial charge in [0.15, 0.2) is 11.7 Å². The van der Waals surface area contributed by atoms with Crippen molar-refractivity contribution in [2.75, 3.05) is 5.32 Å². The number of ether oxygens (including phenoxy) is 1. The van der Waals surface area contributed by atoms with Crippen molar-refractivity contribution >= 4 is 34.6 Å². The van der Waals surface area contributed by atoms with Crippen LogP contribution in [-0.4, -0.2) is 22.1 Å². The minimum absolute atomic E-state index is 0.0772. The summed E-state index contributed by atoms with van der Waals surface area (Å²) >= 11 is 5.87. The van der Waals surface area contributed by atoms with E-state index >= 15 is 0 Å². The molecule has 0 bridgehead atoms. The number of nitrogens with one attached hydrogen (secondary N) is 1. The Hall–Kier alpha value is -2.73. The van der Waals surface area contributed by atoms with Crippen LogP contribution in [0.1, 0.15) is 6.92 Å². The van der Waals surface area contributed by atoms with Gasteiger partial charge in [-0.1, -0.05) is 11.6 Å². The molecule has 23 heavy (non-hydrogen) atoms. The lowest BCUT2D eigenvalue weighted by atomic mass is 10.3. The number of amides is 1. The first-order valence-electron chi connectivity index (χ1n) is 6.84. The fourth-order valence-corrected chi connectivity index (χ4v) is 2.10. The molecule has 1 atom stereocenters. The highest BCUT2D eigenvalue weighted by Gasteiger charge is 2.17. The van der Waals surface area contributed by atoms with Gasteiger partial charge in [-0.05, 0) is 43.3 Å². The minimum Gasteiger partial charge on any atom is -0.508 e. The van der Waals surface area contributed by atoms with Crippen molar-refractivity contribution in [2.45, 2.75) is 13.0 Å². The van der Waals surface area contributed by atoms with E-state index < -0.39 is 12.0 Å². The third-order valence-corrected chi connectivity index (χ3v) is 3.33. The van der Waals surface area contributed by atoms with E-state index in [0.29, 0.717) is 21.9 Å². The van der Waals surface area contributed by atoms with Gasteiger partial charge in [-0.15, -0.1) is 0 Å². The topological polar surface area (TPSA) is 84.6 Å². The quantitative estimate of drug-likeness (QED) is 0.762. The fraction of sp³-hybridized carbons (Fsp3) is 0.125. The Balaban J connectivity index is 1.68. The van der Waals surface area contributed by atoms with Crippen LogP contribution < -0.4 is 10.1 Å². The standard InChI is InChI=1S/C16H13ClN2O4/c1-9(22-12-5-3-11(20)4-6-12)15(21)19-16-18-13-7-2-10(17)8-14(13)23-16/h2-9,20H,1H3,(H,18,19,21). The highest BCUT2D eigenvalue weighted by atomic mass is 35.5. The molecule has 0 aliphatic carbocycles. The first kappa shape index (κ1) is 15.2. The van der Waals surface area contributed by atoms with Crippen molar-refractivity contribution in [2.24, 2.45) is 0 Å². The van der Waals surface area contributed by atoms with Crippen LogP contribution in [0, 0.1) is 0 Å². The van der Waals surface area contributed by atoms with Crippen LogP contribution in [0.25, 0.3) is 11.1 Å². The second-order valence-electron chi connectivity index (χ2n) is 4.87. The number of fused-ring (bicyclic) bond motifs is 1. The molecule has 0 fully saturated rings. The number of rotatable bonds is 4. The van der Waals surface area contributed by atoms with Crippen LogP contribution >= 0.6 is 11.6 Å². The number of hydrogen-bond donors (Lipinski definition) is 2. The number of hydrogen-bond acceptors (Lipinski definition) is 5. The number of phenols is 1. The maximum atomic E-state index is 12.1. The zero-order valence-corrected chi connectivity index (χ0v) is 12.9. The average molecular weight is 333 g/mol. The Morgan fingerprint density at radius 2 is 2.04 bits per heavy atom. The van der Waals surface area contributed by atoms with Crippen LogP contribution in [0.5, 0.6) is 11.5 Å². The van der Waals surface area contributed by atoms with E-state index in [1.807, 2.05) is 0 Å². The van der Waals surface area contributed by atoms with Gasteiger partial charge in [0.05, 0.1) is 0 Å². The van der Waals surface area contributed by atoms with Gasteiger partial charge in [0.1, 0.15) is 17.0 Å². The number of carbonyl (C=O) groups is 1. The molecule has 2 aromatic carbocycles. The second kappa shape index (κ2) is 6.18. The van der Waals surface area contributed by atoms with Crippen LogP contribution in [0.3, 0.4) is 0 Å². The number of carbonyl (C=O) groups excluding carboxylic acids is 1. The number of halogens is 1. The summed E-state index contributed by atoms with van der Waals surface area (Å²) in [4.78, 5) is 16.3. The molecule has 7 heteroatoms. The largest absolute Gasteiger partial charge is 0.508 e. The molecule has 0 saturated heterocycles. The number of aromatic hydroxyl groups is 1. The van der Waals surface area contributed by atoms with Gasteiger partial charge in [-0.25, -0.2) is 0 Å². The van der Waals surface area contributed by atoms with E-state index in [9.17, 15) is 9.90 Å². The molecule has 6 nitrogen and oxygen atoms in total. The SMILES string of the molecule is CC(Oc1ccc(O)cc1)C(=O)Nc1nc2ccc(Cl)cc2o1. The fourth-order valence-electron chi connectivity index (χ4n) is 1.94. The predicted molar refractivity (Wildman–Crippen MR) is 85.8 cm³/mol. The Morgan fingerprint density at radius 1 is 1.30 bits per heavy atom. The molecule has 1 unspecified atom stereocenters. The van der Waals surface area contributed by atoms with Gasteiger partial charge in [-0.3, -0.25) is 10.1 Å². The maximum absolute atomic E-state index is 12.1. The first-order valence-corrected chi connectivity index (χ1v) is 7.22. The van der Waals surface area contributed by atoms with E-state index in [4.69, 9.17) is 20.8 Å². The summed E-state index contributed by atoms with van der Waals surface area (Å²) in [6.07, 6.45) is -0.766. The number of anilines is 1. The normalized spacial score (nSPS) is 12.1. The van der Waals surface area contributed by atoms with Crippen molar-refractivity contribution < 1.29 is 19.1 Å². The molecule has 0 spiro atoms. The van der Waals surface area contributed by atoms with Crippen LogP contribution in [-0.2, 0) is 4.79 Å². The first-order chi connectivity index (χ1) is 11.0. The van der Waals surface area contributed by atoms with E-state index in [1.165, 1.54) is 12.1 Å². The van der Waals surface area contributed by atoms with Gasteiger partial charge in [0.25, 0.3) is 5.91 Å². The lowest BCUT2D eigenvalue weighted by molar-refractivity contribution is -0.122. The van der Waals surface area contributed by atoms with Crippen molar-refractivity contribution in [3.05, 3.63) is 47.5 Å². The third-order valence-electron chi connectivity index (χ3n) is 3.10. The van der Waals surface area contributed by atoms with E-state index in [0.717, 1.165) is 0 Å². The second-order valence-corrected chi connectivity index (χ2v) is 5.31. The van der Waals surface area contributed by atoms with E-state index in [-0.39, 0.29) is 11.8 Å². The van der Waals surface area contributed by atoms with Crippen LogP contribution in [0.15, 0.2) is 46.9 Å². The van der Waals surface area contributed by atoms with E-state index in [1.54, 1.807) is 37.3 Å². The molecule has 3 aromatic rings. The van der Waals surface area contributed by atoms with Crippen molar-refractivity contribution in [1.82, 2.24) is 4.98 Å². The molecule has 0 radical (unpaired) electrons. The number of phenolic OH excluding ortho intramolecular Hbond substituents is 1. The third kappa shape index (κ3) is 3.54. The summed E-state index contributed by atoms with van der Waals surface area (Å²) in [5.41, 5.74) is 1.08. The van der Waals surface area contributed by atoms with Gasteiger partial charge in [0, 0.05) is 11.1 Å². The highest BCUT2D eigenvalue weighted by Crippen LogP contribution is 2.23. The Morgan fingerprint density at radius 3 is 2.78 bits per heavy atom. The van der Waals surface area contributed by atoms with Gasteiger partial charge < -0.3 is 14.3 Å². The zero-order chi connectivity index (χ0) is 16.4. The smallest absolute Gasteiger partial charge is 0.302 e. The van der Waals surface area contributed by atoms with Gasteiger partial charge in [0.2, 0.25) is 0 Å². The molecule has 118 valence electrons. The Bertz CT molecular complexity index is 845. The molecule has 1 aromatic heterocycles. The van der Waals surface area contributed by atoms with Gasteiger partial charge in [-0.2, -0.15) is 4.98 Å². The number of aromatic nitrogens is 1. The van der Waals surface area contributed by atoms with Crippen molar-refractivity contribution in [1.29, 1.82) is 0 Å². The molecule has 2 N–H and O–H groups in total. The molecular weight excluding hydrogens is 320 g/mol. The number of nitrogens with zero attached hydrogens (tertiary/aromatic N) is 1. The Labute approximate surface area is 136 Å². The number of benzene rings is 2. The van der Waals surface area contributed by atoms with Crippen LogP contribution in [0.4, 0.5) is 6.01 Å². The predicted octanol–water partition coefficient (Wildman–Crippen LogP) is 3.59. The summed E-state index contributed by atoms with van der Waals surface area (Å²) in [6.45, 7) is 1.60. The molecule has 3 rings (SSSR count). The van der Waals surface area contributed by atoms with Crippen molar-refractivity contribution in [3.8, 4) is 11.5 Å². The monoisotopic (exact) mass is 332 g/mol. The summed E-state index contributed by atoms with van der Waals surface area (Å²) < 4.78 is 10.9. The lowest BCUT2D eigenvalue weighted by Gasteiger charge is -2.13. The zero-order valence-electron chi connectivity index (χ0n) is 12.1. The lowest BCUT2D eigenvalue weighted by Crippen LogP contribution is -2.30. The van der Waals surface area contributed by atoms with Crippen molar-refractivity contribution in [3.63, 3.8) is 0 Å². The van der Waals surface area contributed by atoms with Gasteiger partial charge >= 0.3 is 6.01 Å². The summed E-state index contributed by atoms with van der Waals surface area (Å²) in [7, 11) is 0. The Kier molecular flexibility index (Phi) is 4.08. The molecule has 1 amide bonds. The summed E-state index contributed by atoms with van der Waals surface area (Å²) in [6, 6.07) is 11.2. The highest BCUT2D eigenvalue weighted by molar-refractivity contribution is 6.31. The van der Waals surface area contributed by atoms with E-state index in [2.05, 4.69) is 10.3 Å². The molecule has 0 aliphatic rings. The minimum atomic E-state index is -0.766. The molecule has 0 aliphatic heterocycles. The van der Waals surface area contributed by atoms with Crippen LogP contribution in [0.2, 0.25) is 5.02 Å². The number of oxazole rings is 1. The molecule has 0 saturated carbocycles. The maximum Gasteiger partial charge on any atom is 0.302 e. The molecule has 1 heterocycles. The summed E-state index contributed by atoms with van der Waals surface area (Å²) in [5.74, 6) is 0.185. The summed E-state index contributed by atoms with van der Waals surface area (Å²) in [5, 5.41) is 12.3.